The number of nitrogens with zero attached hydrogens (tertiary/aromatic N) is 3. The van der Waals surface area contributed by atoms with Crippen molar-refractivity contribution in [2.24, 2.45) is 0 Å². The predicted molar refractivity (Wildman–Crippen MR) is 102 cm³/mol. The van der Waals surface area contributed by atoms with E-state index in [1.807, 2.05) is 12.1 Å². The molecule has 4 rings (SSSR count). The van der Waals surface area contributed by atoms with Crippen molar-refractivity contribution in [3.63, 3.8) is 0 Å². The number of aromatic nitrogens is 3. The molecule has 0 radical (unpaired) electrons. The third-order valence-corrected chi connectivity index (χ3v) is 4.79. The quantitative estimate of drug-likeness (QED) is 0.633. The molecule has 0 aliphatic carbocycles. The lowest BCUT2D eigenvalue weighted by atomic mass is 9.98. The molecule has 0 saturated carbocycles. The Hall–Kier alpha value is -3.56. The van der Waals surface area contributed by atoms with E-state index in [1.54, 1.807) is 6.07 Å². The number of carbonyl (C=O) groups is 1. The smallest absolute Gasteiger partial charge is 0.408 e. The topological polar surface area (TPSA) is 89.3 Å². The molecule has 0 bridgehead atoms. The molecule has 1 aromatic carbocycles. The van der Waals surface area contributed by atoms with E-state index in [0.29, 0.717) is 35.7 Å². The third-order valence-electron chi connectivity index (χ3n) is 4.79. The molecule has 1 atom stereocenters. The van der Waals surface area contributed by atoms with E-state index >= 15 is 0 Å². The lowest BCUT2D eigenvalue weighted by molar-refractivity contribution is -0.142. The van der Waals surface area contributed by atoms with Gasteiger partial charge in [-0.1, -0.05) is 12.1 Å². The molecule has 156 valence electrons. The van der Waals surface area contributed by atoms with E-state index in [2.05, 4.69) is 15.4 Å². The van der Waals surface area contributed by atoms with Gasteiger partial charge in [-0.15, -0.1) is 0 Å². The fourth-order valence-electron chi connectivity index (χ4n) is 3.36. The van der Waals surface area contributed by atoms with Gasteiger partial charge in [0, 0.05) is 36.0 Å². The van der Waals surface area contributed by atoms with Gasteiger partial charge in [0.15, 0.2) is 0 Å². The van der Waals surface area contributed by atoms with Gasteiger partial charge in [0.05, 0.1) is 30.3 Å². The van der Waals surface area contributed by atoms with Crippen molar-refractivity contribution in [3.05, 3.63) is 60.2 Å². The van der Waals surface area contributed by atoms with Crippen molar-refractivity contribution in [2.75, 3.05) is 18.5 Å². The summed E-state index contributed by atoms with van der Waals surface area (Å²) < 4.78 is 44.2. The summed E-state index contributed by atoms with van der Waals surface area (Å²) in [5.74, 6) is -0.407. The van der Waals surface area contributed by atoms with Crippen molar-refractivity contribution in [2.45, 2.75) is 18.6 Å². The molecule has 3 heterocycles. The molecule has 7 nitrogen and oxygen atoms in total. The van der Waals surface area contributed by atoms with Crippen molar-refractivity contribution in [3.8, 4) is 16.9 Å². The summed E-state index contributed by atoms with van der Waals surface area (Å²) in [7, 11) is 0. The van der Waals surface area contributed by atoms with Crippen LogP contribution in [0, 0.1) is 0 Å². The Morgan fingerprint density at radius 2 is 2.10 bits per heavy atom. The number of ether oxygens (including phenoxy) is 1. The molecular weight excluding hydrogens is 401 g/mol. The van der Waals surface area contributed by atoms with E-state index in [-0.39, 0.29) is 11.5 Å². The molecule has 0 amide bonds. The number of fused-ring (bicyclic) bond motifs is 1. The highest BCUT2D eigenvalue weighted by Crippen LogP contribution is 2.37. The van der Waals surface area contributed by atoms with Crippen LogP contribution in [0.15, 0.2) is 49.1 Å². The number of halogens is 3. The Morgan fingerprint density at radius 3 is 2.87 bits per heavy atom. The second kappa shape index (κ2) is 7.69. The number of hydrogen-bond donors (Lipinski definition) is 2. The first kappa shape index (κ1) is 19.7. The van der Waals surface area contributed by atoms with Gasteiger partial charge in [-0.05, 0) is 17.7 Å². The molecule has 10 heteroatoms. The minimum atomic E-state index is -4.33. The Kier molecular flexibility index (Phi) is 5.06. The number of anilines is 1. The van der Waals surface area contributed by atoms with E-state index in [4.69, 9.17) is 4.74 Å². The average Bonchev–Trinajstić information content (AvgIpc) is 3.31. The minimum Gasteiger partial charge on any atom is -0.493 e. The van der Waals surface area contributed by atoms with Crippen LogP contribution in [0.3, 0.4) is 0 Å². The fraction of sp³-hybridized carbons (Fsp3) is 0.250. The van der Waals surface area contributed by atoms with Crippen LogP contribution < -0.4 is 10.1 Å². The monoisotopic (exact) mass is 418 g/mol. The second-order valence-corrected chi connectivity index (χ2v) is 6.91. The molecule has 30 heavy (non-hydrogen) atoms. The predicted octanol–water partition coefficient (Wildman–Crippen LogP) is 3.79. The molecule has 2 aromatic heterocycles. The van der Waals surface area contributed by atoms with Crippen LogP contribution in [0.2, 0.25) is 0 Å². The highest BCUT2D eigenvalue weighted by molar-refractivity contribution is 5.93. The van der Waals surface area contributed by atoms with Gasteiger partial charge in [-0.3, -0.25) is 9.67 Å². The van der Waals surface area contributed by atoms with Crippen LogP contribution in [0.25, 0.3) is 11.1 Å². The summed E-state index contributed by atoms with van der Waals surface area (Å²) in [5, 5.41) is 16.1. The molecule has 1 aliphatic rings. The first-order chi connectivity index (χ1) is 14.3. The van der Waals surface area contributed by atoms with Crippen LogP contribution >= 0.6 is 0 Å². The minimum absolute atomic E-state index is 0.0103. The maximum atomic E-state index is 12.5. The fourth-order valence-corrected chi connectivity index (χ4v) is 3.36. The van der Waals surface area contributed by atoms with Crippen molar-refractivity contribution >= 4 is 11.7 Å². The second-order valence-electron chi connectivity index (χ2n) is 6.91. The number of hydrogen-bond acceptors (Lipinski definition) is 5. The Bertz CT molecular complexity index is 1080. The number of nitrogens with one attached hydrogen (secondary N) is 1. The van der Waals surface area contributed by atoms with Crippen LogP contribution in [-0.4, -0.2) is 45.2 Å². The summed E-state index contributed by atoms with van der Waals surface area (Å²) in [6.07, 6.45) is 1.28. The van der Waals surface area contributed by atoms with Gasteiger partial charge >= 0.3 is 12.1 Å². The summed E-state index contributed by atoms with van der Waals surface area (Å²) in [6, 6.07) is 6.88. The number of benzene rings is 1. The van der Waals surface area contributed by atoms with Crippen LogP contribution in [0.4, 0.5) is 18.9 Å². The zero-order valence-electron chi connectivity index (χ0n) is 15.6. The maximum absolute atomic E-state index is 12.5. The van der Waals surface area contributed by atoms with Gasteiger partial charge < -0.3 is 15.2 Å². The number of pyridine rings is 1. The first-order valence-corrected chi connectivity index (χ1v) is 9.07. The highest BCUT2D eigenvalue weighted by atomic mass is 19.4. The average molecular weight is 418 g/mol. The van der Waals surface area contributed by atoms with E-state index in [0.717, 1.165) is 10.2 Å². The molecular formula is C20H17F3N4O3. The molecule has 3 aromatic rings. The lowest BCUT2D eigenvalue weighted by Gasteiger charge is -2.13. The summed E-state index contributed by atoms with van der Waals surface area (Å²) >= 11 is 0. The zero-order chi connectivity index (χ0) is 21.3. The highest BCUT2D eigenvalue weighted by Gasteiger charge is 2.29. The molecule has 0 saturated heterocycles. The van der Waals surface area contributed by atoms with Gasteiger partial charge in [0.25, 0.3) is 0 Å². The number of aromatic carboxylic acids is 1. The third kappa shape index (κ3) is 4.22. The van der Waals surface area contributed by atoms with E-state index in [9.17, 15) is 23.1 Å². The largest absolute Gasteiger partial charge is 0.493 e. The summed E-state index contributed by atoms with van der Waals surface area (Å²) in [6.45, 7) is -0.293. The van der Waals surface area contributed by atoms with Gasteiger partial charge in [0.2, 0.25) is 0 Å². The Labute approximate surface area is 169 Å². The van der Waals surface area contributed by atoms with Gasteiger partial charge in [0.1, 0.15) is 12.3 Å². The van der Waals surface area contributed by atoms with Gasteiger partial charge in [-0.2, -0.15) is 18.3 Å². The molecule has 0 fully saturated rings. The van der Waals surface area contributed by atoms with Crippen molar-refractivity contribution in [1.29, 1.82) is 0 Å². The first-order valence-electron chi connectivity index (χ1n) is 9.07. The maximum Gasteiger partial charge on any atom is 0.408 e. The standard InChI is InChI=1S/C20H17F3N4O3/c21-20(22,23)11-27-9-13(7-26-27)12-1-2-15-14(10-30-18(15)5-12)6-25-17-8-24-4-3-16(17)19(28)29/h1-5,7-9,14,25H,6,10-11H2,(H,28,29). The van der Waals surface area contributed by atoms with Crippen LogP contribution in [-0.2, 0) is 6.54 Å². The molecule has 1 aliphatic heterocycles. The molecule has 2 N–H and O–H groups in total. The van der Waals surface area contributed by atoms with Gasteiger partial charge in [-0.25, -0.2) is 4.79 Å². The van der Waals surface area contributed by atoms with Crippen LogP contribution in [0.1, 0.15) is 21.8 Å². The molecule has 1 unspecified atom stereocenters. The van der Waals surface area contributed by atoms with Crippen molar-refractivity contribution in [1.82, 2.24) is 14.8 Å². The normalized spacial score (nSPS) is 15.5. The zero-order valence-corrected chi connectivity index (χ0v) is 15.6. The Morgan fingerprint density at radius 1 is 1.27 bits per heavy atom. The number of rotatable bonds is 6. The number of carboxylic acids is 1. The molecule has 0 spiro atoms. The van der Waals surface area contributed by atoms with Crippen LogP contribution in [0.5, 0.6) is 5.75 Å². The Balaban J connectivity index is 1.47. The summed E-state index contributed by atoms with van der Waals surface area (Å²) in [4.78, 5) is 15.3. The summed E-state index contributed by atoms with van der Waals surface area (Å²) in [5.41, 5.74) is 2.77. The van der Waals surface area contributed by atoms with Crippen molar-refractivity contribution < 1.29 is 27.8 Å². The van der Waals surface area contributed by atoms with E-state index < -0.39 is 18.7 Å². The number of alkyl halides is 3. The van der Waals surface area contributed by atoms with E-state index in [1.165, 1.54) is 30.9 Å². The lowest BCUT2D eigenvalue weighted by Crippen LogP contribution is -2.17. The SMILES string of the molecule is O=C(O)c1ccncc1NCC1COc2cc(-c3cnn(CC(F)(F)F)c3)ccc21. The number of carboxylic acid groups (broad SMARTS) is 1.